The van der Waals surface area contributed by atoms with Crippen LogP contribution in [-0.2, 0) is 18.4 Å². The van der Waals surface area contributed by atoms with Crippen molar-refractivity contribution in [1.82, 2.24) is 0 Å². The van der Waals surface area contributed by atoms with Crippen LogP contribution in [0.4, 0.5) is 17.6 Å². The summed E-state index contributed by atoms with van der Waals surface area (Å²) in [7, 11) is -2.72. The molecule has 0 saturated carbocycles. The second-order valence-electron chi connectivity index (χ2n) is 6.35. The lowest BCUT2D eigenvalue weighted by Gasteiger charge is -2.18. The number of halogens is 4. The minimum atomic E-state index is -5.24. The molecule has 0 rings (SSSR count). The summed E-state index contributed by atoms with van der Waals surface area (Å²) >= 11 is 0. The minimum Gasteiger partial charge on any atom is -0.288 e. The third-order valence-electron chi connectivity index (χ3n) is 3.51. The molecule has 0 N–H and O–H groups in total. The molecule has 0 aliphatic carbocycles. The second kappa shape index (κ2) is 11.5. The predicted octanol–water partition coefficient (Wildman–Crippen LogP) is 6.52. The van der Waals surface area contributed by atoms with Gasteiger partial charge in [0.25, 0.3) is 0 Å². The maximum absolute atomic E-state index is 13.6. The molecule has 1 atom stereocenters. The summed E-state index contributed by atoms with van der Waals surface area (Å²) in [4.78, 5) is 11.5. The number of hydrogen-bond acceptors (Lipinski definition) is 4. The molecule has 0 amide bonds. The fourth-order valence-electron chi connectivity index (χ4n) is 1.96. The molecule has 4 nitrogen and oxygen atoms in total. The molecule has 0 aliphatic heterocycles. The zero-order valence-electron chi connectivity index (χ0n) is 16.2. The Hall–Kier alpha value is -1.37. The Kier molecular flexibility index (Phi) is 10.9. The normalized spacial score (nSPS) is 14.2. The van der Waals surface area contributed by atoms with Gasteiger partial charge in [-0.3, -0.25) is 4.79 Å². The van der Waals surface area contributed by atoms with Gasteiger partial charge in [-0.05, 0) is 64.0 Å². The highest BCUT2D eigenvalue weighted by atomic mass is 31.1. The Labute approximate surface area is 158 Å². The fourth-order valence-corrected chi connectivity index (χ4v) is 2.33. The van der Waals surface area contributed by atoms with E-state index in [9.17, 15) is 26.9 Å². The summed E-state index contributed by atoms with van der Waals surface area (Å²) in [5.41, 5.74) is 2.55. The minimum absolute atomic E-state index is 0.222. The summed E-state index contributed by atoms with van der Waals surface area (Å²) in [6.45, 7) is 7.34. The van der Waals surface area contributed by atoms with Crippen molar-refractivity contribution in [2.45, 2.75) is 65.4 Å². The third-order valence-corrected chi connectivity index (χ3v) is 4.19. The van der Waals surface area contributed by atoms with E-state index in [1.165, 1.54) is 12.5 Å². The van der Waals surface area contributed by atoms with Gasteiger partial charge < -0.3 is 0 Å². The third kappa shape index (κ3) is 9.40. The van der Waals surface area contributed by atoms with Crippen LogP contribution in [0.15, 0.2) is 34.9 Å². The van der Waals surface area contributed by atoms with E-state index in [1.807, 2.05) is 26.8 Å². The van der Waals surface area contributed by atoms with Gasteiger partial charge in [0.15, 0.2) is 0 Å². The van der Waals surface area contributed by atoms with Crippen LogP contribution in [-0.4, -0.2) is 24.9 Å². The van der Waals surface area contributed by atoms with Crippen LogP contribution in [0, 0.1) is 0 Å². The van der Waals surface area contributed by atoms with Crippen LogP contribution >= 0.6 is 8.25 Å². The number of ketones is 1. The van der Waals surface area contributed by atoms with E-state index in [0.29, 0.717) is 12.5 Å². The van der Waals surface area contributed by atoms with Gasteiger partial charge in [0, 0.05) is 4.57 Å². The van der Waals surface area contributed by atoms with Crippen LogP contribution in [0.25, 0.3) is 0 Å². The lowest BCUT2D eigenvalue weighted by molar-refractivity contribution is -0.293. The number of rotatable bonds is 12. The van der Waals surface area contributed by atoms with Crippen LogP contribution in [0.3, 0.4) is 0 Å². The van der Waals surface area contributed by atoms with Crippen molar-refractivity contribution in [2.75, 3.05) is 7.11 Å². The highest BCUT2D eigenvalue weighted by molar-refractivity contribution is 7.33. The topological polar surface area (TPSA) is 52.6 Å². The monoisotopic (exact) mass is 413 g/mol. The number of carbonyl (C=O) groups is 1. The standard InChI is InChI=1S/C18H26F4O4P/c1-13(2)8-6-9-14(3)10-7-11-15(4)12-16(23)17(19,20)18(21,22)26-27(24)25-5/h8,10,12H,6-7,9,11H2,1-5H3/q+1. The largest absolute Gasteiger partial charge is 0.703 e. The zero-order chi connectivity index (χ0) is 21.3. The molecule has 0 saturated heterocycles. The smallest absolute Gasteiger partial charge is 0.288 e. The molecule has 1 unspecified atom stereocenters. The summed E-state index contributed by atoms with van der Waals surface area (Å²) < 4.78 is 72.1. The van der Waals surface area contributed by atoms with Gasteiger partial charge in [-0.1, -0.05) is 28.9 Å². The SMILES string of the molecule is CO[P+](=O)OC(F)(F)C(F)(F)C(=O)C=C(C)CCC=C(C)CCC=C(C)C. The number of carbonyl (C=O) groups excluding carboxylic acids is 1. The average molecular weight is 413 g/mol. The Morgan fingerprint density at radius 2 is 1.48 bits per heavy atom. The summed E-state index contributed by atoms with van der Waals surface area (Å²) in [5, 5.41) is 0. The number of hydrogen-bond donors (Lipinski definition) is 0. The van der Waals surface area contributed by atoms with Gasteiger partial charge in [0.1, 0.15) is 0 Å². The Balaban J connectivity index is 4.82. The van der Waals surface area contributed by atoms with Gasteiger partial charge in [0.2, 0.25) is 5.78 Å². The van der Waals surface area contributed by atoms with Crippen molar-refractivity contribution < 1.29 is 36.0 Å². The highest BCUT2D eigenvalue weighted by Crippen LogP contribution is 2.43. The molecule has 0 aromatic rings. The maximum Gasteiger partial charge on any atom is 0.703 e. The van der Waals surface area contributed by atoms with Crippen LogP contribution in [0.1, 0.15) is 53.4 Å². The molecule has 0 radical (unpaired) electrons. The molecular formula is C18H26F4O4P+. The quantitative estimate of drug-likeness (QED) is 0.158. The lowest BCUT2D eigenvalue weighted by Crippen LogP contribution is -2.47. The first-order chi connectivity index (χ1) is 12.3. The van der Waals surface area contributed by atoms with E-state index in [0.717, 1.165) is 25.5 Å². The Morgan fingerprint density at radius 1 is 0.963 bits per heavy atom. The molecule has 0 fully saturated rings. The van der Waals surface area contributed by atoms with E-state index in [1.54, 1.807) is 0 Å². The van der Waals surface area contributed by atoms with Crippen molar-refractivity contribution in [3.63, 3.8) is 0 Å². The molecule has 27 heavy (non-hydrogen) atoms. The van der Waals surface area contributed by atoms with Crippen molar-refractivity contribution in [3.8, 4) is 0 Å². The maximum atomic E-state index is 13.6. The first kappa shape index (κ1) is 25.6. The predicted molar refractivity (Wildman–Crippen MR) is 96.0 cm³/mol. The Morgan fingerprint density at radius 3 is 2.00 bits per heavy atom. The van der Waals surface area contributed by atoms with Crippen LogP contribution < -0.4 is 0 Å². The van der Waals surface area contributed by atoms with Gasteiger partial charge in [-0.25, -0.2) is 0 Å². The Bertz CT molecular complexity index is 621. The molecule has 0 aromatic carbocycles. The molecule has 154 valence electrons. The highest BCUT2D eigenvalue weighted by Gasteiger charge is 2.67. The van der Waals surface area contributed by atoms with Gasteiger partial charge >= 0.3 is 20.3 Å². The van der Waals surface area contributed by atoms with Crippen molar-refractivity contribution in [1.29, 1.82) is 0 Å². The average Bonchev–Trinajstić information content (AvgIpc) is 2.53. The fraction of sp³-hybridized carbons (Fsp3) is 0.611. The molecule has 0 aromatic heterocycles. The van der Waals surface area contributed by atoms with Crippen molar-refractivity contribution in [3.05, 3.63) is 34.9 Å². The molecule has 9 heteroatoms. The van der Waals surface area contributed by atoms with Gasteiger partial charge in [0.05, 0.1) is 7.11 Å². The molecular weight excluding hydrogens is 387 g/mol. The molecule has 0 spiro atoms. The van der Waals surface area contributed by atoms with Crippen LogP contribution in [0.2, 0.25) is 0 Å². The summed E-state index contributed by atoms with van der Waals surface area (Å²) in [5.74, 6) is -7.28. The first-order valence-electron chi connectivity index (χ1n) is 8.30. The van der Waals surface area contributed by atoms with Gasteiger partial charge in [-0.15, -0.1) is 4.52 Å². The first-order valence-corrected chi connectivity index (χ1v) is 9.39. The molecule has 0 bridgehead atoms. The lowest BCUT2D eigenvalue weighted by atomic mass is 10.0. The summed E-state index contributed by atoms with van der Waals surface area (Å²) in [6.07, 6.45) is 1.73. The van der Waals surface area contributed by atoms with E-state index in [4.69, 9.17) is 0 Å². The zero-order valence-corrected chi connectivity index (χ0v) is 17.0. The van der Waals surface area contributed by atoms with E-state index < -0.39 is 26.1 Å². The van der Waals surface area contributed by atoms with Crippen molar-refractivity contribution >= 4 is 14.0 Å². The summed E-state index contributed by atoms with van der Waals surface area (Å²) in [6, 6.07) is 0. The van der Waals surface area contributed by atoms with E-state index in [-0.39, 0.29) is 12.0 Å². The number of alkyl halides is 4. The molecule has 0 heterocycles. The van der Waals surface area contributed by atoms with Crippen LogP contribution in [0.5, 0.6) is 0 Å². The van der Waals surface area contributed by atoms with Crippen molar-refractivity contribution in [2.24, 2.45) is 0 Å². The number of allylic oxidation sites excluding steroid dienone is 6. The van der Waals surface area contributed by atoms with E-state index >= 15 is 0 Å². The second-order valence-corrected chi connectivity index (χ2v) is 7.35. The molecule has 0 aliphatic rings. The van der Waals surface area contributed by atoms with E-state index in [2.05, 4.69) is 15.1 Å². The van der Waals surface area contributed by atoms with Gasteiger partial charge in [-0.2, -0.15) is 17.6 Å².